The largest absolute Gasteiger partial charge is 0.444 e. The van der Waals surface area contributed by atoms with Crippen LogP contribution < -0.4 is 11.3 Å². The Kier molecular flexibility index (Phi) is 7.47. The van der Waals surface area contributed by atoms with Crippen molar-refractivity contribution in [1.82, 2.24) is 14.5 Å². The lowest BCUT2D eigenvalue weighted by atomic mass is 10.2. The number of nitrogens with zero attached hydrogens (tertiary/aromatic N) is 3. The lowest BCUT2D eigenvalue weighted by Gasteiger charge is -2.12. The average Bonchev–Trinajstić information content (AvgIpc) is 3.28. The maximum atomic E-state index is 13.1. The molecule has 0 saturated heterocycles. The average molecular weight is 483 g/mol. The van der Waals surface area contributed by atoms with Crippen LogP contribution in [0.1, 0.15) is 31.4 Å². The Morgan fingerprint density at radius 2 is 1.85 bits per heavy atom. The van der Waals surface area contributed by atoms with E-state index < -0.39 is 0 Å². The molecule has 0 fully saturated rings. The zero-order valence-electron chi connectivity index (χ0n) is 17.9. The minimum Gasteiger partial charge on any atom is -0.444 e. The summed E-state index contributed by atoms with van der Waals surface area (Å²) in [6.07, 6.45) is 4.21. The molecule has 4 rings (SSSR count). The lowest BCUT2D eigenvalue weighted by Crippen LogP contribution is -2.23. The van der Waals surface area contributed by atoms with Crippen LogP contribution in [0, 0.1) is 0 Å². The van der Waals surface area contributed by atoms with Gasteiger partial charge in [0.15, 0.2) is 5.16 Å². The molecule has 0 aliphatic heterocycles. The molecule has 2 heterocycles. The zero-order valence-corrected chi connectivity index (χ0v) is 19.4. The van der Waals surface area contributed by atoms with Crippen molar-refractivity contribution in [2.24, 2.45) is 5.73 Å². The van der Waals surface area contributed by atoms with Gasteiger partial charge in [-0.2, -0.15) is 0 Å². The molecule has 0 saturated carbocycles. The predicted octanol–water partition coefficient (Wildman–Crippen LogP) is 5.04. The molecule has 1 amide bonds. The summed E-state index contributed by atoms with van der Waals surface area (Å²) < 4.78 is 7.32. The number of carbonyl (C=O) groups is 1. The van der Waals surface area contributed by atoms with Crippen LogP contribution in [0.4, 0.5) is 0 Å². The van der Waals surface area contributed by atoms with Gasteiger partial charge in [-0.1, -0.05) is 54.0 Å². The SMILES string of the molecule is NC(=O)CCCCCn1c(SCc2coc(-c3ccccc3Cl)n2)nc2ccccc2c1=O. The molecule has 170 valence electrons. The highest BCUT2D eigenvalue weighted by atomic mass is 35.5. The summed E-state index contributed by atoms with van der Waals surface area (Å²) in [6.45, 7) is 0.515. The molecule has 33 heavy (non-hydrogen) atoms. The van der Waals surface area contributed by atoms with Crippen molar-refractivity contribution >= 4 is 40.2 Å². The Bertz CT molecular complexity index is 1330. The molecule has 7 nitrogen and oxygen atoms in total. The van der Waals surface area contributed by atoms with E-state index in [0.29, 0.717) is 52.1 Å². The number of oxazole rings is 1. The fourth-order valence-electron chi connectivity index (χ4n) is 3.47. The number of nitrogens with two attached hydrogens (primary N) is 1. The van der Waals surface area contributed by atoms with Gasteiger partial charge in [-0.25, -0.2) is 9.97 Å². The molecular weight excluding hydrogens is 460 g/mol. The van der Waals surface area contributed by atoms with Gasteiger partial charge in [-0.05, 0) is 37.1 Å². The van der Waals surface area contributed by atoms with Crippen molar-refractivity contribution in [2.75, 3.05) is 0 Å². The Morgan fingerprint density at radius 1 is 1.06 bits per heavy atom. The zero-order chi connectivity index (χ0) is 23.2. The van der Waals surface area contributed by atoms with Gasteiger partial charge in [0.25, 0.3) is 5.56 Å². The van der Waals surface area contributed by atoms with Crippen molar-refractivity contribution in [1.29, 1.82) is 0 Å². The molecule has 0 unspecified atom stereocenters. The number of carbonyl (C=O) groups excluding carboxylic acids is 1. The van der Waals surface area contributed by atoms with Crippen LogP contribution in [-0.2, 0) is 17.1 Å². The number of thioether (sulfide) groups is 1. The van der Waals surface area contributed by atoms with E-state index in [1.54, 1.807) is 23.0 Å². The molecule has 0 aliphatic rings. The third-order valence-corrected chi connectivity index (χ3v) is 6.48. The predicted molar refractivity (Wildman–Crippen MR) is 130 cm³/mol. The van der Waals surface area contributed by atoms with Gasteiger partial charge in [0, 0.05) is 18.7 Å². The Hall–Kier alpha value is -3.10. The van der Waals surface area contributed by atoms with Gasteiger partial charge in [0.2, 0.25) is 11.8 Å². The second-order valence-corrected chi connectivity index (χ2v) is 8.91. The number of unbranched alkanes of at least 4 members (excludes halogenated alkanes) is 2. The van der Waals surface area contributed by atoms with E-state index >= 15 is 0 Å². The number of hydrogen-bond donors (Lipinski definition) is 1. The maximum absolute atomic E-state index is 13.1. The first kappa shape index (κ1) is 23.1. The molecule has 0 bridgehead atoms. The fraction of sp³-hybridized carbons (Fsp3) is 0.250. The molecule has 9 heteroatoms. The maximum Gasteiger partial charge on any atom is 0.262 e. The summed E-state index contributed by atoms with van der Waals surface area (Å²) in [5, 5.41) is 1.78. The Morgan fingerprint density at radius 3 is 2.67 bits per heavy atom. The minimum absolute atomic E-state index is 0.0742. The van der Waals surface area contributed by atoms with Gasteiger partial charge < -0.3 is 10.2 Å². The number of halogens is 1. The van der Waals surface area contributed by atoms with E-state index in [9.17, 15) is 9.59 Å². The van der Waals surface area contributed by atoms with E-state index in [4.69, 9.17) is 26.7 Å². The number of primary amides is 1. The molecule has 2 aromatic carbocycles. The number of rotatable bonds is 10. The van der Waals surface area contributed by atoms with E-state index in [-0.39, 0.29) is 11.5 Å². The molecule has 0 atom stereocenters. The second kappa shape index (κ2) is 10.7. The fourth-order valence-corrected chi connectivity index (χ4v) is 4.59. The van der Waals surface area contributed by atoms with Crippen molar-refractivity contribution in [2.45, 2.75) is 43.1 Å². The summed E-state index contributed by atoms with van der Waals surface area (Å²) in [7, 11) is 0. The van der Waals surface area contributed by atoms with Gasteiger partial charge in [-0.3, -0.25) is 14.2 Å². The molecule has 0 spiro atoms. The first-order valence-corrected chi connectivity index (χ1v) is 12.0. The molecule has 2 aromatic heterocycles. The van der Waals surface area contributed by atoms with E-state index in [0.717, 1.165) is 24.1 Å². The van der Waals surface area contributed by atoms with Crippen molar-refractivity contribution < 1.29 is 9.21 Å². The first-order valence-electron chi connectivity index (χ1n) is 10.6. The van der Waals surface area contributed by atoms with Crippen LogP contribution in [0.15, 0.2) is 69.2 Å². The molecule has 0 aliphatic carbocycles. The number of para-hydroxylation sites is 1. The highest BCUT2D eigenvalue weighted by molar-refractivity contribution is 7.98. The normalized spacial score (nSPS) is 11.2. The summed E-state index contributed by atoms with van der Waals surface area (Å²) in [4.78, 5) is 33.4. The van der Waals surface area contributed by atoms with Gasteiger partial charge in [0.05, 0.1) is 27.2 Å². The topological polar surface area (TPSA) is 104 Å². The van der Waals surface area contributed by atoms with Crippen molar-refractivity contribution in [3.63, 3.8) is 0 Å². The van der Waals surface area contributed by atoms with Crippen molar-refractivity contribution in [3.8, 4) is 11.5 Å². The van der Waals surface area contributed by atoms with Gasteiger partial charge >= 0.3 is 0 Å². The second-order valence-electron chi connectivity index (χ2n) is 7.56. The third kappa shape index (κ3) is 5.64. The molecule has 2 N–H and O–H groups in total. The van der Waals surface area contributed by atoms with E-state index in [1.807, 2.05) is 36.4 Å². The van der Waals surface area contributed by atoms with Crippen LogP contribution in [0.2, 0.25) is 5.02 Å². The first-order chi connectivity index (χ1) is 16.0. The molecular formula is C24H23ClN4O3S. The number of aromatic nitrogens is 3. The summed E-state index contributed by atoms with van der Waals surface area (Å²) in [5.41, 5.74) is 7.25. The Balaban J connectivity index is 1.53. The number of amides is 1. The Labute approximate surface area is 200 Å². The number of hydrogen-bond acceptors (Lipinski definition) is 6. The van der Waals surface area contributed by atoms with E-state index in [1.165, 1.54) is 11.8 Å². The smallest absolute Gasteiger partial charge is 0.262 e. The van der Waals surface area contributed by atoms with Gasteiger partial charge in [-0.15, -0.1) is 0 Å². The summed E-state index contributed by atoms with van der Waals surface area (Å²) in [6, 6.07) is 14.7. The number of benzene rings is 2. The van der Waals surface area contributed by atoms with Crippen LogP contribution in [0.25, 0.3) is 22.4 Å². The van der Waals surface area contributed by atoms with Crippen LogP contribution >= 0.6 is 23.4 Å². The minimum atomic E-state index is -0.306. The highest BCUT2D eigenvalue weighted by Gasteiger charge is 2.14. The molecule has 4 aromatic rings. The summed E-state index contributed by atoms with van der Waals surface area (Å²) in [5.74, 6) is 0.634. The number of fused-ring (bicyclic) bond motifs is 1. The standard InChI is InChI=1S/C24H23ClN4O3S/c25-19-10-5-3-8-17(19)22-27-16(14-32-22)15-33-24-28-20-11-6-4-9-18(20)23(31)29(24)13-7-1-2-12-21(26)30/h3-6,8-11,14H,1-2,7,12-13,15H2,(H2,26,30). The van der Waals surface area contributed by atoms with E-state index in [2.05, 4.69) is 4.98 Å². The van der Waals surface area contributed by atoms with Gasteiger partial charge in [0.1, 0.15) is 6.26 Å². The third-order valence-electron chi connectivity index (χ3n) is 5.14. The lowest BCUT2D eigenvalue weighted by molar-refractivity contribution is -0.118. The monoisotopic (exact) mass is 482 g/mol. The van der Waals surface area contributed by atoms with Crippen molar-refractivity contribution in [3.05, 3.63) is 75.9 Å². The van der Waals surface area contributed by atoms with Crippen LogP contribution in [0.3, 0.4) is 0 Å². The quantitative estimate of drug-likeness (QED) is 0.193. The highest BCUT2D eigenvalue weighted by Crippen LogP contribution is 2.29. The van der Waals surface area contributed by atoms with Crippen LogP contribution in [-0.4, -0.2) is 20.4 Å². The summed E-state index contributed by atoms with van der Waals surface area (Å²) >= 11 is 7.68. The molecule has 0 radical (unpaired) electrons. The van der Waals surface area contributed by atoms with Crippen LogP contribution in [0.5, 0.6) is 0 Å².